The van der Waals surface area contributed by atoms with Crippen molar-refractivity contribution in [2.45, 2.75) is 33.2 Å². The van der Waals surface area contributed by atoms with Gasteiger partial charge in [0.2, 0.25) is 11.8 Å². The SMILES string of the molecule is COc1cc(NC(=O)C(C)n2cnc3ccccc3c2=O)ccc1NC(=O)CC(C)C. The second kappa shape index (κ2) is 9.42. The number of amides is 2. The Balaban J connectivity index is 1.77. The van der Waals surface area contributed by atoms with Crippen LogP contribution >= 0.6 is 0 Å². The number of nitrogens with zero attached hydrogens (tertiary/aromatic N) is 2. The molecule has 0 saturated carbocycles. The highest BCUT2D eigenvalue weighted by atomic mass is 16.5. The van der Waals surface area contributed by atoms with Crippen molar-refractivity contribution in [2.75, 3.05) is 17.7 Å². The lowest BCUT2D eigenvalue weighted by atomic mass is 10.1. The summed E-state index contributed by atoms with van der Waals surface area (Å²) in [5.74, 6) is 0.172. The average molecular weight is 422 g/mol. The minimum absolute atomic E-state index is 0.109. The van der Waals surface area contributed by atoms with Crippen LogP contribution in [0.2, 0.25) is 0 Å². The average Bonchev–Trinajstić information content (AvgIpc) is 2.74. The summed E-state index contributed by atoms with van der Waals surface area (Å²) in [6.45, 7) is 5.56. The van der Waals surface area contributed by atoms with Gasteiger partial charge in [-0.25, -0.2) is 4.98 Å². The number of aromatic nitrogens is 2. The minimum atomic E-state index is -0.777. The highest BCUT2D eigenvalue weighted by Gasteiger charge is 2.19. The summed E-state index contributed by atoms with van der Waals surface area (Å²) in [5, 5.41) is 6.05. The first-order valence-corrected chi connectivity index (χ1v) is 10.0. The Kier molecular flexibility index (Phi) is 6.69. The van der Waals surface area contributed by atoms with E-state index in [1.807, 2.05) is 13.8 Å². The zero-order valence-corrected chi connectivity index (χ0v) is 18.0. The summed E-state index contributed by atoms with van der Waals surface area (Å²) in [6.07, 6.45) is 1.77. The Hall–Kier alpha value is -3.68. The number of para-hydroxylation sites is 1. The van der Waals surface area contributed by atoms with Crippen molar-refractivity contribution in [1.82, 2.24) is 9.55 Å². The molecule has 0 fully saturated rings. The van der Waals surface area contributed by atoms with E-state index in [4.69, 9.17) is 4.74 Å². The zero-order chi connectivity index (χ0) is 22.5. The van der Waals surface area contributed by atoms with Gasteiger partial charge >= 0.3 is 0 Å². The van der Waals surface area contributed by atoms with Crippen LogP contribution in [-0.2, 0) is 9.59 Å². The van der Waals surface area contributed by atoms with E-state index in [1.165, 1.54) is 18.0 Å². The van der Waals surface area contributed by atoms with E-state index < -0.39 is 6.04 Å². The first-order chi connectivity index (χ1) is 14.8. The quantitative estimate of drug-likeness (QED) is 0.606. The molecule has 0 radical (unpaired) electrons. The normalized spacial score (nSPS) is 11.9. The van der Waals surface area contributed by atoms with Crippen LogP contribution in [-0.4, -0.2) is 28.5 Å². The molecule has 0 aliphatic heterocycles. The summed E-state index contributed by atoms with van der Waals surface area (Å²) in [7, 11) is 1.49. The highest BCUT2D eigenvalue weighted by molar-refractivity contribution is 5.96. The Morgan fingerprint density at radius 1 is 1.10 bits per heavy atom. The number of carbonyl (C=O) groups is 2. The van der Waals surface area contributed by atoms with Gasteiger partial charge in [-0.3, -0.25) is 19.0 Å². The fourth-order valence-corrected chi connectivity index (χ4v) is 3.18. The topological polar surface area (TPSA) is 102 Å². The molecule has 31 heavy (non-hydrogen) atoms. The molecular weight excluding hydrogens is 396 g/mol. The second-order valence-electron chi connectivity index (χ2n) is 7.70. The van der Waals surface area contributed by atoms with Crippen LogP contribution < -0.4 is 20.9 Å². The van der Waals surface area contributed by atoms with E-state index in [9.17, 15) is 14.4 Å². The van der Waals surface area contributed by atoms with Crippen molar-refractivity contribution in [3.8, 4) is 5.75 Å². The first-order valence-electron chi connectivity index (χ1n) is 10.0. The lowest BCUT2D eigenvalue weighted by Gasteiger charge is -2.17. The van der Waals surface area contributed by atoms with E-state index in [1.54, 1.807) is 49.4 Å². The van der Waals surface area contributed by atoms with Gasteiger partial charge in [0.05, 0.1) is 30.0 Å². The van der Waals surface area contributed by atoms with Crippen LogP contribution in [0, 0.1) is 5.92 Å². The monoisotopic (exact) mass is 422 g/mol. The first kappa shape index (κ1) is 22.0. The molecule has 0 spiro atoms. The molecule has 1 aromatic heterocycles. The van der Waals surface area contributed by atoms with E-state index in [-0.39, 0.29) is 23.3 Å². The predicted octanol–water partition coefficient (Wildman–Crippen LogP) is 3.59. The summed E-state index contributed by atoms with van der Waals surface area (Å²) in [4.78, 5) is 41.8. The number of anilines is 2. The van der Waals surface area contributed by atoms with Crippen molar-refractivity contribution >= 4 is 34.1 Å². The maximum Gasteiger partial charge on any atom is 0.261 e. The fraction of sp³-hybridized carbons (Fsp3) is 0.304. The van der Waals surface area contributed by atoms with E-state index >= 15 is 0 Å². The van der Waals surface area contributed by atoms with Gasteiger partial charge in [-0.15, -0.1) is 0 Å². The van der Waals surface area contributed by atoms with Gasteiger partial charge in [0.25, 0.3) is 5.56 Å². The molecule has 1 heterocycles. The fourth-order valence-electron chi connectivity index (χ4n) is 3.18. The van der Waals surface area contributed by atoms with E-state index in [0.29, 0.717) is 34.4 Å². The number of rotatable bonds is 7. The third-order valence-electron chi connectivity index (χ3n) is 4.82. The van der Waals surface area contributed by atoms with Gasteiger partial charge in [0, 0.05) is 18.2 Å². The summed E-state index contributed by atoms with van der Waals surface area (Å²) >= 11 is 0. The highest BCUT2D eigenvalue weighted by Crippen LogP contribution is 2.28. The Labute approximate surface area is 180 Å². The second-order valence-corrected chi connectivity index (χ2v) is 7.70. The molecule has 0 bridgehead atoms. The van der Waals surface area contributed by atoms with Gasteiger partial charge < -0.3 is 15.4 Å². The number of hydrogen-bond donors (Lipinski definition) is 2. The predicted molar refractivity (Wildman–Crippen MR) is 120 cm³/mol. The Morgan fingerprint density at radius 2 is 1.84 bits per heavy atom. The molecule has 0 saturated heterocycles. The van der Waals surface area contributed by atoms with Crippen LogP contribution in [0.3, 0.4) is 0 Å². The number of ether oxygens (including phenoxy) is 1. The molecule has 2 aromatic carbocycles. The number of methoxy groups -OCH3 is 1. The van der Waals surface area contributed by atoms with E-state index in [2.05, 4.69) is 15.6 Å². The summed E-state index contributed by atoms with van der Waals surface area (Å²) in [5.41, 5.74) is 1.30. The van der Waals surface area contributed by atoms with Gasteiger partial charge in [0.15, 0.2) is 0 Å². The smallest absolute Gasteiger partial charge is 0.261 e. The molecule has 2 N–H and O–H groups in total. The molecule has 0 aliphatic carbocycles. The third kappa shape index (κ3) is 5.09. The number of fused-ring (bicyclic) bond motifs is 1. The van der Waals surface area contributed by atoms with Crippen LogP contribution in [0.25, 0.3) is 10.9 Å². The maximum absolute atomic E-state index is 12.8. The molecular formula is C23H26N4O4. The van der Waals surface area contributed by atoms with Crippen molar-refractivity contribution in [2.24, 2.45) is 5.92 Å². The maximum atomic E-state index is 12.8. The number of nitrogens with one attached hydrogen (secondary N) is 2. The Morgan fingerprint density at radius 3 is 2.55 bits per heavy atom. The van der Waals surface area contributed by atoms with Gasteiger partial charge in [-0.2, -0.15) is 0 Å². The molecule has 3 rings (SSSR count). The van der Waals surface area contributed by atoms with Crippen LogP contribution in [0.1, 0.15) is 33.2 Å². The lowest BCUT2D eigenvalue weighted by molar-refractivity contribution is -0.119. The van der Waals surface area contributed by atoms with Crippen LogP contribution in [0.15, 0.2) is 53.6 Å². The lowest BCUT2D eigenvalue weighted by Crippen LogP contribution is -2.31. The van der Waals surface area contributed by atoms with Gasteiger partial charge in [-0.1, -0.05) is 26.0 Å². The largest absolute Gasteiger partial charge is 0.494 e. The van der Waals surface area contributed by atoms with Crippen LogP contribution in [0.5, 0.6) is 5.75 Å². The van der Waals surface area contributed by atoms with Crippen molar-refractivity contribution in [3.63, 3.8) is 0 Å². The third-order valence-corrected chi connectivity index (χ3v) is 4.82. The molecule has 0 aliphatic rings. The van der Waals surface area contributed by atoms with Gasteiger partial charge in [-0.05, 0) is 37.1 Å². The molecule has 2 amide bonds. The molecule has 8 heteroatoms. The van der Waals surface area contributed by atoms with Crippen molar-refractivity contribution < 1.29 is 14.3 Å². The molecule has 1 unspecified atom stereocenters. The van der Waals surface area contributed by atoms with E-state index in [0.717, 1.165) is 0 Å². The zero-order valence-electron chi connectivity index (χ0n) is 18.0. The van der Waals surface area contributed by atoms with Gasteiger partial charge in [0.1, 0.15) is 11.8 Å². The minimum Gasteiger partial charge on any atom is -0.494 e. The molecule has 162 valence electrons. The molecule has 3 aromatic rings. The number of benzene rings is 2. The van der Waals surface area contributed by atoms with Crippen molar-refractivity contribution in [1.29, 1.82) is 0 Å². The number of hydrogen-bond acceptors (Lipinski definition) is 5. The molecule has 8 nitrogen and oxygen atoms in total. The molecule has 1 atom stereocenters. The van der Waals surface area contributed by atoms with Crippen molar-refractivity contribution in [3.05, 3.63) is 59.1 Å². The standard InChI is InChI=1S/C23H26N4O4/c1-14(2)11-21(28)26-19-10-9-16(12-20(19)31-4)25-22(29)15(3)27-13-24-18-8-6-5-7-17(18)23(27)30/h5-10,12-15H,11H2,1-4H3,(H,25,29)(H,26,28). The summed E-state index contributed by atoms with van der Waals surface area (Å²) in [6, 6.07) is 11.2. The summed E-state index contributed by atoms with van der Waals surface area (Å²) < 4.78 is 6.66. The Bertz CT molecular complexity index is 1170. The van der Waals surface area contributed by atoms with Crippen LogP contribution in [0.4, 0.5) is 11.4 Å². The number of carbonyl (C=O) groups excluding carboxylic acids is 2.